The van der Waals surface area contributed by atoms with Crippen molar-refractivity contribution < 1.29 is 0 Å². The molecule has 2 rings (SSSR count). The van der Waals surface area contributed by atoms with Gasteiger partial charge < -0.3 is 0 Å². The Morgan fingerprint density at radius 3 is 2.91 bits per heavy atom. The average Bonchev–Trinajstić information content (AvgIpc) is 2.27. The van der Waals surface area contributed by atoms with E-state index in [4.69, 9.17) is 0 Å². The zero-order valence-corrected chi connectivity index (χ0v) is 9.33. The Labute approximate surface area is 84.7 Å². The molecule has 1 heterocycles. The lowest BCUT2D eigenvalue weighted by molar-refractivity contribution is 1.45. The van der Waals surface area contributed by atoms with Gasteiger partial charge in [-0.2, -0.15) is 0 Å². The quantitative estimate of drug-likeness (QED) is 0.719. The molecule has 1 aromatic carbocycles. The topological polar surface area (TPSA) is 12.9 Å². The zero-order valence-electron chi connectivity index (χ0n) is 5.34. The van der Waals surface area contributed by atoms with Crippen molar-refractivity contribution in [3.63, 3.8) is 0 Å². The number of hydrogen-bond donors (Lipinski definition) is 0. The zero-order chi connectivity index (χ0) is 7.84. The molecule has 0 aliphatic heterocycles. The molecular weight excluding hydrogens is 290 g/mol. The highest BCUT2D eigenvalue weighted by molar-refractivity contribution is 9.11. The van der Waals surface area contributed by atoms with Gasteiger partial charge in [0.2, 0.25) is 0 Å². The smallest absolute Gasteiger partial charge is 0.160 e. The fraction of sp³-hybridized carbons (Fsp3) is 0. The molecule has 0 fully saturated rings. The summed E-state index contributed by atoms with van der Waals surface area (Å²) in [4.78, 5) is 4.28. The van der Waals surface area contributed by atoms with Crippen LogP contribution < -0.4 is 0 Å². The maximum atomic E-state index is 4.28. The first-order valence-corrected chi connectivity index (χ1v) is 5.37. The number of hydrogen-bond acceptors (Lipinski definition) is 2. The summed E-state index contributed by atoms with van der Waals surface area (Å²) in [5.74, 6) is 0. The first-order chi connectivity index (χ1) is 5.25. The molecule has 0 saturated carbocycles. The molecule has 1 nitrogen and oxygen atoms in total. The van der Waals surface area contributed by atoms with Crippen LogP contribution in [0, 0.1) is 0 Å². The fourth-order valence-electron chi connectivity index (χ4n) is 0.872. The molecule has 1 aromatic heterocycles. The van der Waals surface area contributed by atoms with E-state index in [0.717, 1.165) is 13.9 Å². The summed E-state index contributed by atoms with van der Waals surface area (Å²) in [6, 6.07) is 6.09. The second-order valence-corrected chi connectivity index (χ2v) is 5.30. The Kier molecular flexibility index (Phi) is 1.99. The van der Waals surface area contributed by atoms with Crippen LogP contribution in [0.2, 0.25) is 0 Å². The van der Waals surface area contributed by atoms with E-state index in [1.54, 1.807) is 11.3 Å². The van der Waals surface area contributed by atoms with Crippen LogP contribution in [0.3, 0.4) is 0 Å². The summed E-state index contributed by atoms with van der Waals surface area (Å²) in [5.41, 5.74) is 1.04. The van der Waals surface area contributed by atoms with Crippen molar-refractivity contribution in [2.24, 2.45) is 0 Å². The van der Waals surface area contributed by atoms with Gasteiger partial charge in [-0.05, 0) is 34.1 Å². The van der Waals surface area contributed by atoms with Gasteiger partial charge in [0.1, 0.15) is 0 Å². The third-order valence-electron chi connectivity index (χ3n) is 1.32. The lowest BCUT2D eigenvalue weighted by Crippen LogP contribution is -1.66. The van der Waals surface area contributed by atoms with Crippen LogP contribution in [-0.2, 0) is 0 Å². The van der Waals surface area contributed by atoms with Gasteiger partial charge in [-0.15, -0.1) is 11.3 Å². The predicted molar refractivity (Wildman–Crippen MR) is 55.0 cm³/mol. The number of aromatic nitrogens is 1. The van der Waals surface area contributed by atoms with Crippen molar-refractivity contribution >= 4 is 53.4 Å². The molecule has 11 heavy (non-hydrogen) atoms. The molecule has 2 aromatic rings. The van der Waals surface area contributed by atoms with Crippen LogP contribution in [0.15, 0.2) is 26.6 Å². The maximum absolute atomic E-state index is 4.28. The van der Waals surface area contributed by atoms with E-state index in [9.17, 15) is 0 Å². The number of thiazole rings is 1. The van der Waals surface area contributed by atoms with Crippen LogP contribution in [0.4, 0.5) is 0 Å². The summed E-state index contributed by atoms with van der Waals surface area (Å²) < 4.78 is 3.22. The van der Waals surface area contributed by atoms with E-state index in [-0.39, 0.29) is 0 Å². The summed E-state index contributed by atoms with van der Waals surface area (Å²) in [6.07, 6.45) is 0. The second kappa shape index (κ2) is 2.84. The third kappa shape index (κ3) is 1.48. The minimum absolute atomic E-state index is 0.936. The Balaban J connectivity index is 2.82. The molecular formula is C7H3Br2NS. The number of fused-ring (bicyclic) bond motifs is 1. The summed E-state index contributed by atoms with van der Waals surface area (Å²) >= 11 is 8.38. The van der Waals surface area contributed by atoms with Crippen LogP contribution in [0.5, 0.6) is 0 Å². The molecule has 0 aliphatic carbocycles. The minimum atomic E-state index is 0.936. The van der Waals surface area contributed by atoms with Gasteiger partial charge in [0, 0.05) is 4.47 Å². The predicted octanol–water partition coefficient (Wildman–Crippen LogP) is 3.82. The Bertz CT molecular complexity index is 396. The first kappa shape index (κ1) is 7.71. The van der Waals surface area contributed by atoms with Crippen LogP contribution in [0.1, 0.15) is 0 Å². The van der Waals surface area contributed by atoms with Gasteiger partial charge in [-0.25, -0.2) is 4.98 Å². The van der Waals surface area contributed by atoms with Gasteiger partial charge >= 0.3 is 0 Å². The number of halogens is 2. The number of nitrogens with zero attached hydrogens (tertiary/aromatic N) is 1. The molecule has 0 radical (unpaired) electrons. The van der Waals surface area contributed by atoms with Gasteiger partial charge in [-0.1, -0.05) is 15.9 Å². The molecule has 0 atom stereocenters. The fourth-order valence-corrected chi connectivity index (χ4v) is 2.61. The SMILES string of the molecule is Brc1ccc2sc(Br)nc2c1. The van der Waals surface area contributed by atoms with Crippen molar-refractivity contribution in [2.75, 3.05) is 0 Å². The molecule has 4 heteroatoms. The van der Waals surface area contributed by atoms with Crippen LogP contribution in [-0.4, -0.2) is 4.98 Å². The average molecular weight is 293 g/mol. The Morgan fingerprint density at radius 1 is 1.27 bits per heavy atom. The number of rotatable bonds is 0. The lowest BCUT2D eigenvalue weighted by atomic mass is 10.3. The standard InChI is InChI=1S/C7H3Br2NS/c8-4-1-2-6-5(3-4)10-7(9)11-6/h1-3H. The van der Waals surface area contributed by atoms with Gasteiger partial charge in [0.05, 0.1) is 10.2 Å². The van der Waals surface area contributed by atoms with Crippen molar-refractivity contribution in [3.8, 4) is 0 Å². The number of benzene rings is 1. The largest absolute Gasteiger partial charge is 0.229 e. The molecule has 0 saturated heterocycles. The first-order valence-electron chi connectivity index (χ1n) is 2.97. The molecule has 56 valence electrons. The Hall–Kier alpha value is 0.0700. The van der Waals surface area contributed by atoms with Crippen molar-refractivity contribution in [1.82, 2.24) is 4.98 Å². The Morgan fingerprint density at radius 2 is 2.09 bits per heavy atom. The minimum Gasteiger partial charge on any atom is -0.229 e. The van der Waals surface area contributed by atoms with Gasteiger partial charge in [0.25, 0.3) is 0 Å². The van der Waals surface area contributed by atoms with E-state index in [2.05, 4.69) is 42.9 Å². The van der Waals surface area contributed by atoms with E-state index in [1.807, 2.05) is 12.1 Å². The lowest BCUT2D eigenvalue weighted by Gasteiger charge is -1.86. The van der Waals surface area contributed by atoms with Crippen molar-refractivity contribution in [3.05, 3.63) is 26.6 Å². The van der Waals surface area contributed by atoms with E-state index in [0.29, 0.717) is 0 Å². The maximum Gasteiger partial charge on any atom is 0.160 e. The second-order valence-electron chi connectivity index (χ2n) is 2.08. The highest BCUT2D eigenvalue weighted by Gasteiger charge is 1.99. The molecule has 0 spiro atoms. The van der Waals surface area contributed by atoms with E-state index >= 15 is 0 Å². The van der Waals surface area contributed by atoms with Crippen molar-refractivity contribution in [1.29, 1.82) is 0 Å². The summed E-state index contributed by atoms with van der Waals surface area (Å²) in [6.45, 7) is 0. The monoisotopic (exact) mass is 291 g/mol. The van der Waals surface area contributed by atoms with Crippen molar-refractivity contribution in [2.45, 2.75) is 0 Å². The van der Waals surface area contributed by atoms with Crippen LogP contribution >= 0.6 is 43.2 Å². The molecule has 0 bridgehead atoms. The van der Waals surface area contributed by atoms with Gasteiger partial charge in [-0.3, -0.25) is 0 Å². The third-order valence-corrected chi connectivity index (χ3v) is 3.30. The molecule has 0 N–H and O–H groups in total. The summed E-state index contributed by atoms with van der Waals surface area (Å²) in [5, 5.41) is 0. The van der Waals surface area contributed by atoms with E-state index < -0.39 is 0 Å². The van der Waals surface area contributed by atoms with Crippen LogP contribution in [0.25, 0.3) is 10.2 Å². The molecule has 0 amide bonds. The van der Waals surface area contributed by atoms with E-state index in [1.165, 1.54) is 4.70 Å². The summed E-state index contributed by atoms with van der Waals surface area (Å²) in [7, 11) is 0. The molecule has 0 unspecified atom stereocenters. The highest BCUT2D eigenvalue weighted by Crippen LogP contribution is 2.27. The van der Waals surface area contributed by atoms with Gasteiger partial charge in [0.15, 0.2) is 3.92 Å². The highest BCUT2D eigenvalue weighted by atomic mass is 79.9. The normalized spacial score (nSPS) is 10.7. The molecule has 0 aliphatic rings.